The van der Waals surface area contributed by atoms with Crippen molar-refractivity contribution < 1.29 is 9.53 Å². The zero-order valence-electron chi connectivity index (χ0n) is 13.5. The van der Waals surface area contributed by atoms with Crippen LogP contribution in [0.4, 0.5) is 5.69 Å². The second-order valence-electron chi connectivity index (χ2n) is 6.09. The molecule has 0 bridgehead atoms. The standard InChI is InChI=1S/C17H26N2O2/c1-5-9-18-15-7-6-14(11-12(15)2)16(20)19-17(4)8-10-21-13(17)3/h6-7,11,13,18H,5,8-10H2,1-4H3,(H,19,20). The summed E-state index contributed by atoms with van der Waals surface area (Å²) in [6.07, 6.45) is 1.99. The Morgan fingerprint density at radius 2 is 2.24 bits per heavy atom. The average molecular weight is 290 g/mol. The van der Waals surface area contributed by atoms with Gasteiger partial charge in [-0.05, 0) is 57.4 Å². The third-order valence-electron chi connectivity index (χ3n) is 4.34. The minimum atomic E-state index is -0.274. The molecule has 1 saturated heterocycles. The van der Waals surface area contributed by atoms with Crippen LogP contribution in [0.15, 0.2) is 18.2 Å². The van der Waals surface area contributed by atoms with Crippen molar-refractivity contribution in [2.75, 3.05) is 18.5 Å². The van der Waals surface area contributed by atoms with Gasteiger partial charge in [0.25, 0.3) is 5.91 Å². The van der Waals surface area contributed by atoms with Gasteiger partial charge in [0.1, 0.15) is 0 Å². The van der Waals surface area contributed by atoms with Gasteiger partial charge in [-0.15, -0.1) is 0 Å². The van der Waals surface area contributed by atoms with E-state index in [1.807, 2.05) is 39.0 Å². The van der Waals surface area contributed by atoms with Crippen LogP contribution < -0.4 is 10.6 Å². The minimum Gasteiger partial charge on any atom is -0.385 e. The number of anilines is 1. The van der Waals surface area contributed by atoms with Gasteiger partial charge in [-0.3, -0.25) is 4.79 Å². The van der Waals surface area contributed by atoms with Crippen LogP contribution in [-0.2, 0) is 4.74 Å². The second kappa shape index (κ2) is 6.48. The Morgan fingerprint density at radius 1 is 1.48 bits per heavy atom. The van der Waals surface area contributed by atoms with Crippen LogP contribution in [0.1, 0.15) is 49.5 Å². The predicted octanol–water partition coefficient (Wildman–Crippen LogP) is 3.11. The number of aryl methyl sites for hydroxylation is 1. The summed E-state index contributed by atoms with van der Waals surface area (Å²) < 4.78 is 5.57. The molecule has 0 spiro atoms. The summed E-state index contributed by atoms with van der Waals surface area (Å²) in [6.45, 7) is 9.87. The highest BCUT2D eigenvalue weighted by atomic mass is 16.5. The molecule has 116 valence electrons. The molecule has 1 heterocycles. The first-order valence-corrected chi connectivity index (χ1v) is 7.75. The molecule has 2 unspecified atom stereocenters. The van der Waals surface area contributed by atoms with Gasteiger partial charge in [0.05, 0.1) is 11.6 Å². The Hall–Kier alpha value is -1.55. The largest absolute Gasteiger partial charge is 0.385 e. The van der Waals surface area contributed by atoms with Crippen LogP contribution in [0.25, 0.3) is 0 Å². The lowest BCUT2D eigenvalue weighted by molar-refractivity contribution is 0.0727. The molecule has 1 aromatic rings. The number of nitrogens with one attached hydrogen (secondary N) is 2. The molecule has 2 rings (SSSR count). The normalized spacial score (nSPS) is 24.9. The summed E-state index contributed by atoms with van der Waals surface area (Å²) in [7, 11) is 0. The van der Waals surface area contributed by atoms with E-state index < -0.39 is 0 Å². The van der Waals surface area contributed by atoms with Gasteiger partial charge in [0.2, 0.25) is 0 Å². The van der Waals surface area contributed by atoms with Gasteiger partial charge in [-0.1, -0.05) is 6.92 Å². The van der Waals surface area contributed by atoms with Crippen LogP contribution >= 0.6 is 0 Å². The maximum Gasteiger partial charge on any atom is 0.251 e. The van der Waals surface area contributed by atoms with Crippen molar-refractivity contribution in [1.82, 2.24) is 5.32 Å². The van der Waals surface area contributed by atoms with Crippen LogP contribution in [0.5, 0.6) is 0 Å². The van der Waals surface area contributed by atoms with E-state index in [4.69, 9.17) is 4.74 Å². The second-order valence-corrected chi connectivity index (χ2v) is 6.09. The number of hydrogen-bond donors (Lipinski definition) is 2. The molecule has 0 aliphatic carbocycles. The maximum atomic E-state index is 12.4. The van der Waals surface area contributed by atoms with Crippen molar-refractivity contribution in [1.29, 1.82) is 0 Å². The van der Waals surface area contributed by atoms with Crippen LogP contribution in [-0.4, -0.2) is 30.7 Å². The predicted molar refractivity (Wildman–Crippen MR) is 85.9 cm³/mol. The lowest BCUT2D eigenvalue weighted by Gasteiger charge is -2.29. The molecule has 1 amide bonds. The fraction of sp³-hybridized carbons (Fsp3) is 0.588. The van der Waals surface area contributed by atoms with Crippen LogP contribution in [0.2, 0.25) is 0 Å². The highest BCUT2D eigenvalue weighted by molar-refractivity contribution is 5.95. The molecule has 0 radical (unpaired) electrons. The first kappa shape index (κ1) is 15.8. The van der Waals surface area contributed by atoms with E-state index in [0.717, 1.165) is 30.6 Å². The molecular formula is C17H26N2O2. The number of amides is 1. The summed E-state index contributed by atoms with van der Waals surface area (Å²) in [4.78, 5) is 12.4. The lowest BCUT2D eigenvalue weighted by Crippen LogP contribution is -2.50. The molecular weight excluding hydrogens is 264 g/mol. The Labute approximate surface area is 127 Å². The van der Waals surface area contributed by atoms with E-state index >= 15 is 0 Å². The van der Waals surface area contributed by atoms with Crippen molar-refractivity contribution in [3.8, 4) is 0 Å². The SMILES string of the molecule is CCCNc1ccc(C(=O)NC2(C)CCOC2C)cc1C. The Bertz CT molecular complexity index is 516. The first-order valence-electron chi connectivity index (χ1n) is 7.75. The maximum absolute atomic E-state index is 12.4. The van der Waals surface area contributed by atoms with Crippen LogP contribution in [0, 0.1) is 6.92 Å². The molecule has 2 atom stereocenters. The van der Waals surface area contributed by atoms with Gasteiger partial charge in [-0.2, -0.15) is 0 Å². The van der Waals surface area contributed by atoms with Gasteiger partial charge < -0.3 is 15.4 Å². The molecule has 21 heavy (non-hydrogen) atoms. The van der Waals surface area contributed by atoms with Crippen LogP contribution in [0.3, 0.4) is 0 Å². The first-order chi connectivity index (χ1) is 9.96. The van der Waals surface area contributed by atoms with Crippen molar-refractivity contribution >= 4 is 11.6 Å². The van der Waals surface area contributed by atoms with Gasteiger partial charge in [-0.25, -0.2) is 0 Å². The zero-order chi connectivity index (χ0) is 15.5. The molecule has 4 nitrogen and oxygen atoms in total. The average Bonchev–Trinajstić information content (AvgIpc) is 2.77. The summed E-state index contributed by atoms with van der Waals surface area (Å²) >= 11 is 0. The Balaban J connectivity index is 2.07. The van der Waals surface area contributed by atoms with Gasteiger partial charge >= 0.3 is 0 Å². The molecule has 1 fully saturated rings. The van der Waals surface area contributed by atoms with Crippen molar-refractivity contribution in [3.05, 3.63) is 29.3 Å². The highest BCUT2D eigenvalue weighted by Crippen LogP contribution is 2.26. The number of hydrogen-bond acceptors (Lipinski definition) is 3. The monoisotopic (exact) mass is 290 g/mol. The van der Waals surface area contributed by atoms with Crippen molar-refractivity contribution in [2.24, 2.45) is 0 Å². The van der Waals surface area contributed by atoms with Gasteiger partial charge in [0, 0.05) is 24.4 Å². The molecule has 0 saturated carbocycles. The van der Waals surface area contributed by atoms with E-state index in [9.17, 15) is 4.79 Å². The smallest absolute Gasteiger partial charge is 0.251 e. The van der Waals surface area contributed by atoms with Gasteiger partial charge in [0.15, 0.2) is 0 Å². The van der Waals surface area contributed by atoms with E-state index in [1.54, 1.807) is 0 Å². The van der Waals surface area contributed by atoms with E-state index in [0.29, 0.717) is 12.2 Å². The molecule has 1 aliphatic heterocycles. The van der Waals surface area contributed by atoms with E-state index in [2.05, 4.69) is 17.6 Å². The summed E-state index contributed by atoms with van der Waals surface area (Å²) in [6, 6.07) is 5.80. The fourth-order valence-corrected chi connectivity index (χ4v) is 2.59. The lowest BCUT2D eigenvalue weighted by atomic mass is 9.94. The topological polar surface area (TPSA) is 50.4 Å². The van der Waals surface area contributed by atoms with Crippen molar-refractivity contribution in [2.45, 2.75) is 52.2 Å². The number of benzene rings is 1. The van der Waals surface area contributed by atoms with E-state index in [-0.39, 0.29) is 17.6 Å². The number of carbonyl (C=O) groups is 1. The highest BCUT2D eigenvalue weighted by Gasteiger charge is 2.38. The zero-order valence-corrected chi connectivity index (χ0v) is 13.5. The van der Waals surface area contributed by atoms with E-state index in [1.165, 1.54) is 0 Å². The Morgan fingerprint density at radius 3 is 2.81 bits per heavy atom. The quantitative estimate of drug-likeness (QED) is 0.876. The molecule has 4 heteroatoms. The summed E-state index contributed by atoms with van der Waals surface area (Å²) in [5.74, 6) is -0.0278. The van der Waals surface area contributed by atoms with Crippen molar-refractivity contribution in [3.63, 3.8) is 0 Å². The third kappa shape index (κ3) is 3.56. The number of carbonyl (C=O) groups excluding carboxylic acids is 1. The number of rotatable bonds is 5. The summed E-state index contributed by atoms with van der Waals surface area (Å²) in [5, 5.41) is 6.49. The molecule has 1 aliphatic rings. The summed E-state index contributed by atoms with van der Waals surface area (Å²) in [5.41, 5.74) is 2.62. The Kier molecular flexibility index (Phi) is 4.88. The molecule has 2 N–H and O–H groups in total. The fourth-order valence-electron chi connectivity index (χ4n) is 2.59. The molecule has 0 aromatic heterocycles. The third-order valence-corrected chi connectivity index (χ3v) is 4.34. The number of ether oxygens (including phenoxy) is 1. The minimum absolute atomic E-state index is 0.0278. The molecule has 1 aromatic carbocycles.